The van der Waals surface area contributed by atoms with Gasteiger partial charge in [-0.3, -0.25) is 9.78 Å². The summed E-state index contributed by atoms with van der Waals surface area (Å²) in [5.41, 5.74) is 3.00. The van der Waals surface area contributed by atoms with Crippen molar-refractivity contribution in [3.05, 3.63) is 85.1 Å². The van der Waals surface area contributed by atoms with Crippen LogP contribution in [-0.4, -0.2) is 28.2 Å². The molecule has 5 aromatic rings. The van der Waals surface area contributed by atoms with Gasteiger partial charge in [-0.15, -0.1) is 0 Å². The lowest BCUT2D eigenvalue weighted by atomic mass is 10.2. The summed E-state index contributed by atoms with van der Waals surface area (Å²) in [7, 11) is 0. The van der Waals surface area contributed by atoms with Gasteiger partial charge >= 0.3 is 5.97 Å². The quantitative estimate of drug-likeness (QED) is 0.354. The van der Waals surface area contributed by atoms with E-state index in [4.69, 9.17) is 9.47 Å². The number of rotatable bonds is 6. The molecule has 2 heterocycles. The lowest BCUT2D eigenvalue weighted by Crippen LogP contribution is -2.29. The van der Waals surface area contributed by atoms with Gasteiger partial charge in [0.25, 0.3) is 0 Å². The Balaban J connectivity index is 1.48. The van der Waals surface area contributed by atoms with E-state index in [0.717, 1.165) is 21.9 Å². The van der Waals surface area contributed by atoms with Gasteiger partial charge in [0, 0.05) is 40.3 Å². The van der Waals surface area contributed by atoms with Gasteiger partial charge in [-0.2, -0.15) is 0 Å². The summed E-state index contributed by atoms with van der Waals surface area (Å²) in [5, 5.41) is 3.36. The Morgan fingerprint density at radius 3 is 2.29 bits per heavy atom. The highest BCUT2D eigenvalue weighted by atomic mass is 16.6. The number of carbonyl (C=O) groups excluding carboxylic acids is 1. The highest BCUT2D eigenvalue weighted by molar-refractivity contribution is 6.07. The molecule has 0 saturated carbocycles. The summed E-state index contributed by atoms with van der Waals surface area (Å²) in [6.07, 6.45) is 1.30. The predicted molar refractivity (Wildman–Crippen MR) is 122 cm³/mol. The predicted octanol–water partition coefficient (Wildman–Crippen LogP) is 5.35. The van der Waals surface area contributed by atoms with Gasteiger partial charge in [-0.05, 0) is 24.3 Å². The zero-order chi connectivity index (χ0) is 21.2. The van der Waals surface area contributed by atoms with Gasteiger partial charge in [0.1, 0.15) is 17.9 Å². The Morgan fingerprint density at radius 2 is 1.58 bits per heavy atom. The molecule has 31 heavy (non-hydrogen) atoms. The molecule has 5 heteroatoms. The molecule has 0 amide bonds. The highest BCUT2D eigenvalue weighted by Crippen LogP contribution is 2.29. The SMILES string of the molecule is CC(=O)O[C@@H](COc1cccc2cccnc12)Cn1c2ccccc2c2ccccc21. The largest absolute Gasteiger partial charge is 0.487 e. The summed E-state index contributed by atoms with van der Waals surface area (Å²) in [6.45, 7) is 2.15. The van der Waals surface area contributed by atoms with Crippen molar-refractivity contribution in [2.24, 2.45) is 0 Å². The van der Waals surface area contributed by atoms with Crippen LogP contribution in [0.25, 0.3) is 32.7 Å². The summed E-state index contributed by atoms with van der Waals surface area (Å²) in [5.74, 6) is 0.350. The molecule has 0 saturated heterocycles. The molecule has 0 aliphatic heterocycles. The number of pyridine rings is 1. The number of hydrogen-bond acceptors (Lipinski definition) is 4. The first kappa shape index (κ1) is 19.1. The molecule has 2 aromatic heterocycles. The minimum absolute atomic E-state index is 0.232. The molecule has 0 unspecified atom stereocenters. The Kier molecular flexibility index (Phi) is 5.00. The fraction of sp³-hybridized carbons (Fsp3) is 0.154. The van der Waals surface area contributed by atoms with Crippen molar-refractivity contribution in [1.29, 1.82) is 0 Å². The molecule has 5 nitrogen and oxygen atoms in total. The van der Waals surface area contributed by atoms with Crippen LogP contribution >= 0.6 is 0 Å². The first-order chi connectivity index (χ1) is 15.2. The van der Waals surface area contributed by atoms with Gasteiger partial charge in [0.15, 0.2) is 6.10 Å². The molecule has 5 rings (SSSR count). The molecule has 3 aromatic carbocycles. The van der Waals surface area contributed by atoms with E-state index in [9.17, 15) is 4.79 Å². The van der Waals surface area contributed by atoms with Crippen LogP contribution in [0.15, 0.2) is 85.1 Å². The van der Waals surface area contributed by atoms with Crippen molar-refractivity contribution in [1.82, 2.24) is 9.55 Å². The first-order valence-corrected chi connectivity index (χ1v) is 10.3. The molecule has 154 valence electrons. The number of benzene rings is 3. The van der Waals surface area contributed by atoms with Crippen molar-refractivity contribution in [2.45, 2.75) is 19.6 Å². The molecular weight excluding hydrogens is 388 g/mol. The fourth-order valence-electron chi connectivity index (χ4n) is 4.14. The zero-order valence-corrected chi connectivity index (χ0v) is 17.2. The van der Waals surface area contributed by atoms with Crippen LogP contribution in [0, 0.1) is 0 Å². The molecule has 0 N–H and O–H groups in total. The van der Waals surface area contributed by atoms with Crippen LogP contribution in [0.3, 0.4) is 0 Å². The molecule has 0 fully saturated rings. The van der Waals surface area contributed by atoms with Crippen molar-refractivity contribution in [3.8, 4) is 5.75 Å². The Morgan fingerprint density at radius 1 is 0.903 bits per heavy atom. The third-order valence-electron chi connectivity index (χ3n) is 5.42. The van der Waals surface area contributed by atoms with E-state index in [2.05, 4.69) is 33.8 Å². The van der Waals surface area contributed by atoms with E-state index in [0.29, 0.717) is 12.3 Å². The van der Waals surface area contributed by atoms with E-state index in [1.807, 2.05) is 54.6 Å². The Labute approximate surface area is 179 Å². The van der Waals surface area contributed by atoms with Crippen LogP contribution in [0.5, 0.6) is 5.75 Å². The molecule has 0 spiro atoms. The summed E-state index contributed by atoms with van der Waals surface area (Å²) in [4.78, 5) is 16.3. The minimum Gasteiger partial charge on any atom is -0.487 e. The van der Waals surface area contributed by atoms with Crippen LogP contribution in [0.4, 0.5) is 0 Å². The highest BCUT2D eigenvalue weighted by Gasteiger charge is 2.19. The number of hydrogen-bond donors (Lipinski definition) is 0. The Bertz CT molecular complexity index is 1330. The van der Waals surface area contributed by atoms with E-state index in [1.165, 1.54) is 17.7 Å². The van der Waals surface area contributed by atoms with Crippen LogP contribution in [0.2, 0.25) is 0 Å². The molecule has 0 aliphatic carbocycles. The molecular formula is C26H22N2O3. The maximum atomic E-state index is 11.8. The van der Waals surface area contributed by atoms with Gasteiger partial charge < -0.3 is 14.0 Å². The maximum Gasteiger partial charge on any atom is 0.303 e. The number of esters is 1. The second-order valence-corrected chi connectivity index (χ2v) is 7.52. The van der Waals surface area contributed by atoms with Crippen molar-refractivity contribution in [3.63, 3.8) is 0 Å². The average molecular weight is 410 g/mol. The lowest BCUT2D eigenvalue weighted by molar-refractivity contribution is -0.148. The maximum absolute atomic E-state index is 11.8. The number of carbonyl (C=O) groups is 1. The average Bonchev–Trinajstić information content (AvgIpc) is 3.11. The summed E-state index contributed by atoms with van der Waals surface area (Å²) in [6, 6.07) is 26.3. The minimum atomic E-state index is -0.448. The number of nitrogens with zero attached hydrogens (tertiary/aromatic N) is 2. The third-order valence-corrected chi connectivity index (χ3v) is 5.42. The topological polar surface area (TPSA) is 53.4 Å². The zero-order valence-electron chi connectivity index (χ0n) is 17.2. The van der Waals surface area contributed by atoms with E-state index < -0.39 is 6.10 Å². The second-order valence-electron chi connectivity index (χ2n) is 7.52. The van der Waals surface area contributed by atoms with Crippen molar-refractivity contribution in [2.75, 3.05) is 6.61 Å². The van der Waals surface area contributed by atoms with E-state index >= 15 is 0 Å². The molecule has 0 radical (unpaired) electrons. The summed E-state index contributed by atoms with van der Waals surface area (Å²) < 4.78 is 13.9. The smallest absolute Gasteiger partial charge is 0.303 e. The lowest BCUT2D eigenvalue weighted by Gasteiger charge is -2.20. The van der Waals surface area contributed by atoms with Crippen molar-refractivity contribution < 1.29 is 14.3 Å². The number of para-hydroxylation sites is 3. The number of ether oxygens (including phenoxy) is 2. The molecule has 1 atom stereocenters. The summed E-state index contributed by atoms with van der Waals surface area (Å²) >= 11 is 0. The van der Waals surface area contributed by atoms with E-state index in [-0.39, 0.29) is 12.6 Å². The number of aromatic nitrogens is 2. The third kappa shape index (κ3) is 3.70. The molecule has 0 bridgehead atoms. The van der Waals surface area contributed by atoms with Crippen LogP contribution in [0.1, 0.15) is 6.92 Å². The standard InChI is InChI=1S/C26H22N2O3/c1-18(29)31-20(17-30-25-14-6-8-19-9-7-15-27-26(19)25)16-28-23-12-4-2-10-21(23)22-11-3-5-13-24(22)28/h2-15,20H,16-17H2,1H3/t20-/m1/s1. The van der Waals surface area contributed by atoms with E-state index in [1.54, 1.807) is 6.20 Å². The van der Waals surface area contributed by atoms with Gasteiger partial charge in [0.05, 0.1) is 6.54 Å². The monoisotopic (exact) mass is 410 g/mol. The van der Waals surface area contributed by atoms with Crippen molar-refractivity contribution >= 4 is 38.7 Å². The Hall–Kier alpha value is -3.86. The van der Waals surface area contributed by atoms with Crippen LogP contribution < -0.4 is 4.74 Å². The van der Waals surface area contributed by atoms with Gasteiger partial charge in [0.2, 0.25) is 0 Å². The molecule has 0 aliphatic rings. The number of fused-ring (bicyclic) bond motifs is 4. The van der Waals surface area contributed by atoms with Gasteiger partial charge in [-0.1, -0.05) is 54.6 Å². The second kappa shape index (κ2) is 8.11. The van der Waals surface area contributed by atoms with Crippen LogP contribution in [-0.2, 0) is 16.1 Å². The fourth-order valence-corrected chi connectivity index (χ4v) is 4.14. The first-order valence-electron chi connectivity index (χ1n) is 10.3. The normalized spacial score (nSPS) is 12.3. The van der Waals surface area contributed by atoms with Gasteiger partial charge in [-0.25, -0.2) is 0 Å².